The molecule has 0 saturated heterocycles. The number of anilines is 1. The molecule has 1 aromatic heterocycles. The predicted octanol–water partition coefficient (Wildman–Crippen LogP) is 1.03. The molecule has 1 fully saturated rings. The summed E-state index contributed by atoms with van der Waals surface area (Å²) < 4.78 is 15.9. The number of methoxy groups -OCH3 is 2. The van der Waals surface area contributed by atoms with E-state index in [1.54, 1.807) is 14.2 Å². The number of hydrogen-bond donors (Lipinski definition) is 2. The van der Waals surface area contributed by atoms with Gasteiger partial charge in [-0.2, -0.15) is 0 Å². The maximum absolute atomic E-state index is 5.55. The zero-order valence-corrected chi connectivity index (χ0v) is 12.6. The second-order valence-corrected chi connectivity index (χ2v) is 5.65. The molecule has 0 aliphatic heterocycles. The van der Waals surface area contributed by atoms with Crippen molar-refractivity contribution >= 4 is 6.01 Å². The first-order valence-electron chi connectivity index (χ1n) is 6.89. The molecule has 0 radical (unpaired) electrons. The van der Waals surface area contributed by atoms with Gasteiger partial charge in [0.2, 0.25) is 5.89 Å². The number of nitrogens with one attached hydrogen (secondary N) is 2. The Morgan fingerprint density at radius 1 is 1.35 bits per heavy atom. The minimum absolute atomic E-state index is 0.0695. The summed E-state index contributed by atoms with van der Waals surface area (Å²) in [5.74, 6) is 0.573. The van der Waals surface area contributed by atoms with E-state index in [-0.39, 0.29) is 11.5 Å². The molecule has 1 aliphatic rings. The highest BCUT2D eigenvalue weighted by atomic mass is 16.5. The predicted molar refractivity (Wildman–Crippen MR) is 74.5 cm³/mol. The van der Waals surface area contributed by atoms with E-state index in [1.165, 1.54) is 0 Å². The van der Waals surface area contributed by atoms with Crippen molar-refractivity contribution in [3.05, 3.63) is 5.89 Å². The van der Waals surface area contributed by atoms with E-state index in [1.807, 2.05) is 0 Å². The minimum Gasteiger partial charge on any atom is -0.407 e. The van der Waals surface area contributed by atoms with Crippen LogP contribution in [0.15, 0.2) is 4.42 Å². The van der Waals surface area contributed by atoms with Crippen molar-refractivity contribution in [2.24, 2.45) is 5.41 Å². The first kappa shape index (κ1) is 15.2. The lowest BCUT2D eigenvalue weighted by Gasteiger charge is -2.50. The van der Waals surface area contributed by atoms with Crippen molar-refractivity contribution in [1.29, 1.82) is 0 Å². The Balaban J connectivity index is 1.79. The SMILES string of the molecule is COCCNCc1nnc(NC2CC(OC)C2(C)C)o1. The van der Waals surface area contributed by atoms with Crippen LogP contribution in [0.1, 0.15) is 26.2 Å². The molecule has 0 aromatic carbocycles. The average Bonchev–Trinajstić information content (AvgIpc) is 2.87. The zero-order chi connectivity index (χ0) is 14.6. The van der Waals surface area contributed by atoms with Crippen molar-refractivity contribution in [2.45, 2.75) is 39.0 Å². The van der Waals surface area contributed by atoms with Crippen LogP contribution >= 0.6 is 0 Å². The molecule has 2 N–H and O–H groups in total. The molecule has 2 unspecified atom stereocenters. The highest BCUT2D eigenvalue weighted by Crippen LogP contribution is 2.43. The van der Waals surface area contributed by atoms with E-state index in [2.05, 4.69) is 34.7 Å². The standard InChI is InChI=1S/C13H24N4O3/c1-13(2)9(7-10(13)19-4)15-12-17-16-11(20-12)8-14-5-6-18-3/h9-10,14H,5-8H2,1-4H3,(H,15,17). The van der Waals surface area contributed by atoms with Crippen LogP contribution in [0.3, 0.4) is 0 Å². The monoisotopic (exact) mass is 284 g/mol. The highest BCUT2D eigenvalue weighted by molar-refractivity contribution is 5.25. The van der Waals surface area contributed by atoms with Crippen molar-refractivity contribution < 1.29 is 13.9 Å². The molecule has 0 spiro atoms. The molecule has 1 saturated carbocycles. The van der Waals surface area contributed by atoms with Crippen molar-refractivity contribution in [1.82, 2.24) is 15.5 Å². The van der Waals surface area contributed by atoms with Crippen LogP contribution in [-0.2, 0) is 16.0 Å². The van der Waals surface area contributed by atoms with Crippen LogP contribution in [0.5, 0.6) is 0 Å². The van der Waals surface area contributed by atoms with Crippen LogP contribution in [0, 0.1) is 5.41 Å². The van der Waals surface area contributed by atoms with Gasteiger partial charge in [-0.25, -0.2) is 0 Å². The molecule has 7 nitrogen and oxygen atoms in total. The lowest BCUT2D eigenvalue weighted by atomic mass is 9.64. The number of ether oxygens (including phenoxy) is 2. The number of hydrogen-bond acceptors (Lipinski definition) is 7. The van der Waals surface area contributed by atoms with Crippen molar-refractivity contribution in [3.8, 4) is 0 Å². The van der Waals surface area contributed by atoms with E-state index in [9.17, 15) is 0 Å². The Bertz CT molecular complexity index is 422. The Morgan fingerprint density at radius 3 is 2.80 bits per heavy atom. The van der Waals surface area contributed by atoms with Gasteiger partial charge in [-0.1, -0.05) is 18.9 Å². The van der Waals surface area contributed by atoms with E-state index >= 15 is 0 Å². The highest BCUT2D eigenvalue weighted by Gasteiger charge is 2.49. The number of nitrogens with zero attached hydrogens (tertiary/aromatic N) is 2. The molecule has 1 aliphatic carbocycles. The van der Waals surface area contributed by atoms with Crippen LogP contribution in [0.4, 0.5) is 6.01 Å². The van der Waals surface area contributed by atoms with E-state index in [0.717, 1.165) is 13.0 Å². The zero-order valence-electron chi connectivity index (χ0n) is 12.6. The fourth-order valence-electron chi connectivity index (χ4n) is 2.43. The molecule has 0 amide bonds. The fraction of sp³-hybridized carbons (Fsp3) is 0.846. The Morgan fingerprint density at radius 2 is 2.15 bits per heavy atom. The first-order valence-corrected chi connectivity index (χ1v) is 6.89. The van der Waals surface area contributed by atoms with Gasteiger partial charge in [0.05, 0.1) is 19.3 Å². The number of rotatable bonds is 8. The summed E-state index contributed by atoms with van der Waals surface area (Å²) in [7, 11) is 3.42. The van der Waals surface area contributed by atoms with Gasteiger partial charge >= 0.3 is 6.01 Å². The Kier molecular flexibility index (Phi) is 4.95. The van der Waals surface area contributed by atoms with Crippen LogP contribution in [0.25, 0.3) is 0 Å². The lowest BCUT2D eigenvalue weighted by Crippen LogP contribution is -2.57. The maximum Gasteiger partial charge on any atom is 0.315 e. The van der Waals surface area contributed by atoms with Gasteiger partial charge in [0.1, 0.15) is 0 Å². The molecule has 0 bridgehead atoms. The van der Waals surface area contributed by atoms with E-state index in [4.69, 9.17) is 13.9 Å². The third-order valence-electron chi connectivity index (χ3n) is 3.99. The van der Waals surface area contributed by atoms with Crippen LogP contribution < -0.4 is 10.6 Å². The normalized spacial score (nSPS) is 24.4. The summed E-state index contributed by atoms with van der Waals surface area (Å²) in [5, 5.41) is 14.5. The van der Waals surface area contributed by atoms with Gasteiger partial charge in [0.25, 0.3) is 0 Å². The van der Waals surface area contributed by atoms with Gasteiger partial charge < -0.3 is 24.5 Å². The number of aromatic nitrogens is 2. The molecule has 114 valence electrons. The molecule has 2 rings (SSSR count). The molecular formula is C13H24N4O3. The van der Waals surface area contributed by atoms with Crippen molar-refractivity contribution in [2.75, 3.05) is 32.7 Å². The van der Waals surface area contributed by atoms with Gasteiger partial charge in [-0.3, -0.25) is 0 Å². The minimum atomic E-state index is 0.0695. The second kappa shape index (κ2) is 6.51. The summed E-state index contributed by atoms with van der Waals surface area (Å²) in [6.07, 6.45) is 1.23. The van der Waals surface area contributed by atoms with Gasteiger partial charge in [-0.15, -0.1) is 5.10 Å². The second-order valence-electron chi connectivity index (χ2n) is 5.65. The van der Waals surface area contributed by atoms with E-state index < -0.39 is 0 Å². The summed E-state index contributed by atoms with van der Waals surface area (Å²) >= 11 is 0. The Labute approximate surface area is 119 Å². The first-order chi connectivity index (χ1) is 9.57. The smallest absolute Gasteiger partial charge is 0.315 e. The molecule has 7 heteroatoms. The summed E-state index contributed by atoms with van der Waals surface area (Å²) in [6, 6.07) is 0.767. The molecule has 1 aromatic rings. The summed E-state index contributed by atoms with van der Waals surface area (Å²) in [5.41, 5.74) is 0.0695. The van der Waals surface area contributed by atoms with E-state index in [0.29, 0.717) is 31.1 Å². The third-order valence-corrected chi connectivity index (χ3v) is 3.99. The molecule has 1 heterocycles. The summed E-state index contributed by atoms with van der Waals surface area (Å²) in [4.78, 5) is 0. The Hall–Kier alpha value is -1.18. The van der Waals surface area contributed by atoms with Gasteiger partial charge in [0.15, 0.2) is 0 Å². The topological polar surface area (TPSA) is 81.4 Å². The lowest BCUT2D eigenvalue weighted by molar-refractivity contribution is -0.0800. The molecular weight excluding hydrogens is 260 g/mol. The molecule has 2 atom stereocenters. The van der Waals surface area contributed by atoms with Crippen LogP contribution in [0.2, 0.25) is 0 Å². The largest absolute Gasteiger partial charge is 0.407 e. The molecule has 20 heavy (non-hydrogen) atoms. The van der Waals surface area contributed by atoms with Crippen LogP contribution in [-0.4, -0.2) is 49.7 Å². The fourth-order valence-corrected chi connectivity index (χ4v) is 2.43. The van der Waals surface area contributed by atoms with Gasteiger partial charge in [-0.05, 0) is 6.42 Å². The third kappa shape index (κ3) is 3.28. The average molecular weight is 284 g/mol. The quantitative estimate of drug-likeness (QED) is 0.690. The summed E-state index contributed by atoms with van der Waals surface area (Å²) in [6.45, 7) is 6.31. The van der Waals surface area contributed by atoms with Crippen molar-refractivity contribution in [3.63, 3.8) is 0 Å². The maximum atomic E-state index is 5.55. The van der Waals surface area contributed by atoms with Gasteiger partial charge in [0, 0.05) is 32.2 Å².